The van der Waals surface area contributed by atoms with Gasteiger partial charge in [0.2, 0.25) is 0 Å². The Balaban J connectivity index is 2.34. The SMILES string of the molecule is COc1cccc(-c2[nH]c3c(Cl)cccc3c2CC(=O)O)c1OC. The van der Waals surface area contributed by atoms with Gasteiger partial charge in [0.05, 0.1) is 36.9 Å². The van der Waals surface area contributed by atoms with Crippen LogP contribution in [-0.4, -0.2) is 30.3 Å². The molecule has 1 aromatic heterocycles. The standard InChI is InChI=1S/C18H16ClNO4/c1-23-14-8-4-6-11(18(14)24-2)16-12(9-15(21)22)10-5-3-7-13(19)17(10)20-16/h3-8,20H,9H2,1-2H3,(H,21,22). The minimum absolute atomic E-state index is 0.129. The van der Waals surface area contributed by atoms with Crippen LogP contribution in [0.1, 0.15) is 5.56 Å². The van der Waals surface area contributed by atoms with Crippen LogP contribution in [0, 0.1) is 0 Å². The van der Waals surface area contributed by atoms with Crippen molar-refractivity contribution in [3.8, 4) is 22.8 Å². The van der Waals surface area contributed by atoms with Crippen molar-refractivity contribution in [3.05, 3.63) is 47.0 Å². The molecule has 0 aliphatic heterocycles. The van der Waals surface area contributed by atoms with Crippen molar-refractivity contribution in [2.75, 3.05) is 14.2 Å². The molecule has 0 radical (unpaired) electrons. The molecule has 0 amide bonds. The first-order valence-corrected chi connectivity index (χ1v) is 7.66. The highest BCUT2D eigenvalue weighted by molar-refractivity contribution is 6.35. The van der Waals surface area contributed by atoms with Gasteiger partial charge in [-0.2, -0.15) is 0 Å². The third-order valence-corrected chi connectivity index (χ3v) is 4.21. The summed E-state index contributed by atoms with van der Waals surface area (Å²) in [7, 11) is 3.11. The molecule has 2 N–H and O–H groups in total. The van der Waals surface area contributed by atoms with Crippen LogP contribution in [-0.2, 0) is 11.2 Å². The topological polar surface area (TPSA) is 71.6 Å². The number of para-hydroxylation sites is 2. The van der Waals surface area contributed by atoms with Crippen LogP contribution < -0.4 is 9.47 Å². The number of aliphatic carboxylic acids is 1. The number of ether oxygens (including phenoxy) is 2. The molecule has 0 saturated carbocycles. The zero-order chi connectivity index (χ0) is 17.3. The van der Waals surface area contributed by atoms with Crippen LogP contribution in [0.4, 0.5) is 0 Å². The van der Waals surface area contributed by atoms with E-state index in [-0.39, 0.29) is 6.42 Å². The number of methoxy groups -OCH3 is 2. The van der Waals surface area contributed by atoms with Crippen LogP contribution in [0.3, 0.4) is 0 Å². The number of fused-ring (bicyclic) bond motifs is 1. The first-order valence-electron chi connectivity index (χ1n) is 7.29. The third kappa shape index (κ3) is 2.67. The van der Waals surface area contributed by atoms with Crippen LogP contribution in [0.15, 0.2) is 36.4 Å². The molecule has 1 heterocycles. The van der Waals surface area contributed by atoms with E-state index < -0.39 is 5.97 Å². The smallest absolute Gasteiger partial charge is 0.307 e. The number of benzene rings is 2. The van der Waals surface area contributed by atoms with E-state index in [0.717, 1.165) is 10.9 Å². The van der Waals surface area contributed by atoms with Gasteiger partial charge in [-0.3, -0.25) is 4.79 Å². The Hall–Kier alpha value is -2.66. The molecule has 124 valence electrons. The van der Waals surface area contributed by atoms with Gasteiger partial charge < -0.3 is 19.6 Å². The van der Waals surface area contributed by atoms with E-state index >= 15 is 0 Å². The minimum Gasteiger partial charge on any atom is -0.493 e. The summed E-state index contributed by atoms with van der Waals surface area (Å²) in [5, 5.41) is 10.6. The van der Waals surface area contributed by atoms with Crippen molar-refractivity contribution in [3.63, 3.8) is 0 Å². The number of carbonyl (C=O) groups is 1. The van der Waals surface area contributed by atoms with Crippen molar-refractivity contribution in [1.82, 2.24) is 4.98 Å². The van der Waals surface area contributed by atoms with E-state index in [1.165, 1.54) is 0 Å². The number of hydrogen-bond acceptors (Lipinski definition) is 3. The maximum Gasteiger partial charge on any atom is 0.307 e. The van der Waals surface area contributed by atoms with Crippen molar-refractivity contribution in [2.45, 2.75) is 6.42 Å². The zero-order valence-electron chi connectivity index (χ0n) is 13.2. The number of H-pyrrole nitrogens is 1. The lowest BCUT2D eigenvalue weighted by molar-refractivity contribution is -0.136. The molecule has 2 aromatic carbocycles. The van der Waals surface area contributed by atoms with Crippen LogP contribution in [0.2, 0.25) is 5.02 Å². The Morgan fingerprint density at radius 3 is 2.58 bits per heavy atom. The summed E-state index contributed by atoms with van der Waals surface area (Å²) in [6, 6.07) is 10.9. The first kappa shape index (κ1) is 16.2. The highest BCUT2D eigenvalue weighted by Crippen LogP contribution is 2.41. The number of aromatic nitrogens is 1. The molecule has 0 bridgehead atoms. The van der Waals surface area contributed by atoms with Gasteiger partial charge in [-0.1, -0.05) is 29.8 Å². The quantitative estimate of drug-likeness (QED) is 0.729. The molecule has 0 fully saturated rings. The van der Waals surface area contributed by atoms with Gasteiger partial charge in [-0.25, -0.2) is 0 Å². The van der Waals surface area contributed by atoms with Gasteiger partial charge >= 0.3 is 5.97 Å². The number of halogens is 1. The predicted octanol–water partition coefficient (Wildman–Crippen LogP) is 4.13. The fourth-order valence-electron chi connectivity index (χ4n) is 2.89. The molecular weight excluding hydrogens is 330 g/mol. The molecule has 0 spiro atoms. The van der Waals surface area contributed by atoms with Gasteiger partial charge in [-0.05, 0) is 23.8 Å². The average molecular weight is 346 g/mol. The number of aromatic amines is 1. The van der Waals surface area contributed by atoms with Crippen molar-refractivity contribution >= 4 is 28.5 Å². The fourth-order valence-corrected chi connectivity index (χ4v) is 3.11. The number of carboxylic acids is 1. The zero-order valence-corrected chi connectivity index (χ0v) is 14.0. The summed E-state index contributed by atoms with van der Waals surface area (Å²) in [6.45, 7) is 0. The van der Waals surface area contributed by atoms with Crippen molar-refractivity contribution < 1.29 is 19.4 Å². The lowest BCUT2D eigenvalue weighted by Crippen LogP contribution is -2.02. The normalized spacial score (nSPS) is 10.8. The predicted molar refractivity (Wildman–Crippen MR) is 93.2 cm³/mol. The molecule has 5 nitrogen and oxygen atoms in total. The first-order chi connectivity index (χ1) is 11.6. The highest BCUT2D eigenvalue weighted by Gasteiger charge is 2.21. The fraction of sp³-hybridized carbons (Fsp3) is 0.167. The number of nitrogens with one attached hydrogen (secondary N) is 1. The molecule has 6 heteroatoms. The maximum atomic E-state index is 11.4. The van der Waals surface area contributed by atoms with Crippen molar-refractivity contribution in [2.24, 2.45) is 0 Å². The lowest BCUT2D eigenvalue weighted by Gasteiger charge is -2.12. The van der Waals surface area contributed by atoms with Gasteiger partial charge in [0.25, 0.3) is 0 Å². The van der Waals surface area contributed by atoms with E-state index in [9.17, 15) is 9.90 Å². The minimum atomic E-state index is -0.918. The third-order valence-electron chi connectivity index (χ3n) is 3.89. The summed E-state index contributed by atoms with van der Waals surface area (Å²) < 4.78 is 10.8. The molecular formula is C18H16ClNO4. The Labute approximate surface area is 143 Å². The highest BCUT2D eigenvalue weighted by atomic mass is 35.5. The van der Waals surface area contributed by atoms with Crippen LogP contribution >= 0.6 is 11.6 Å². The van der Waals surface area contributed by atoms with Crippen molar-refractivity contribution in [1.29, 1.82) is 0 Å². The van der Waals surface area contributed by atoms with E-state index in [0.29, 0.717) is 33.3 Å². The Morgan fingerprint density at radius 2 is 1.92 bits per heavy atom. The Morgan fingerprint density at radius 1 is 1.17 bits per heavy atom. The molecule has 3 rings (SSSR count). The number of rotatable bonds is 5. The number of hydrogen-bond donors (Lipinski definition) is 2. The van der Waals surface area contributed by atoms with E-state index in [1.807, 2.05) is 18.2 Å². The summed E-state index contributed by atoms with van der Waals surface area (Å²) >= 11 is 6.26. The number of carboxylic acid groups (broad SMARTS) is 1. The van der Waals surface area contributed by atoms with E-state index in [2.05, 4.69) is 4.98 Å². The van der Waals surface area contributed by atoms with Gasteiger partial charge in [0.15, 0.2) is 11.5 Å². The maximum absolute atomic E-state index is 11.4. The van der Waals surface area contributed by atoms with E-state index in [1.54, 1.807) is 32.4 Å². The second-order valence-corrected chi connectivity index (χ2v) is 5.66. The average Bonchev–Trinajstić information content (AvgIpc) is 2.93. The molecule has 0 atom stereocenters. The molecule has 24 heavy (non-hydrogen) atoms. The van der Waals surface area contributed by atoms with Gasteiger partial charge in [-0.15, -0.1) is 0 Å². The summed E-state index contributed by atoms with van der Waals surface area (Å²) in [5.74, 6) is 0.189. The van der Waals surface area contributed by atoms with Crippen LogP contribution in [0.5, 0.6) is 11.5 Å². The molecule has 3 aromatic rings. The van der Waals surface area contributed by atoms with Crippen LogP contribution in [0.25, 0.3) is 22.2 Å². The van der Waals surface area contributed by atoms with Gasteiger partial charge in [0, 0.05) is 10.9 Å². The Bertz CT molecular complexity index is 917. The van der Waals surface area contributed by atoms with Gasteiger partial charge in [0.1, 0.15) is 0 Å². The second kappa shape index (κ2) is 6.45. The van der Waals surface area contributed by atoms with E-state index in [4.69, 9.17) is 21.1 Å². The largest absolute Gasteiger partial charge is 0.493 e. The summed E-state index contributed by atoms with van der Waals surface area (Å²) in [4.78, 5) is 14.6. The Kier molecular flexibility index (Phi) is 4.36. The molecule has 0 aliphatic rings. The summed E-state index contributed by atoms with van der Waals surface area (Å²) in [6.07, 6.45) is -0.129. The molecule has 0 aliphatic carbocycles. The monoisotopic (exact) mass is 345 g/mol. The second-order valence-electron chi connectivity index (χ2n) is 5.25. The summed E-state index contributed by atoms with van der Waals surface area (Å²) in [5.41, 5.74) is 2.75. The molecule has 0 saturated heterocycles. The lowest BCUT2D eigenvalue weighted by atomic mass is 10.0. The molecule has 0 unspecified atom stereocenters.